The lowest BCUT2D eigenvalue weighted by molar-refractivity contribution is -0.140. The molecule has 2 N–H and O–H groups in total. The second-order valence-electron chi connectivity index (χ2n) is 4.42. The molecule has 7 heteroatoms. The van der Waals surface area contributed by atoms with Gasteiger partial charge < -0.3 is 5.11 Å². The maximum Gasteiger partial charge on any atom is 0.322 e. The summed E-state index contributed by atoms with van der Waals surface area (Å²) in [7, 11) is -3.65. The van der Waals surface area contributed by atoms with Gasteiger partial charge in [0, 0.05) is 6.42 Å². The Labute approximate surface area is 101 Å². The molecule has 0 unspecified atom stereocenters. The van der Waals surface area contributed by atoms with Crippen LogP contribution in [-0.2, 0) is 19.6 Å². The van der Waals surface area contributed by atoms with Gasteiger partial charge in [-0.2, -0.15) is 0 Å². The Balaban J connectivity index is 4.53. The number of carbonyl (C=O) groups is 2. The van der Waals surface area contributed by atoms with Gasteiger partial charge in [0.25, 0.3) is 0 Å². The van der Waals surface area contributed by atoms with Crippen LogP contribution in [0.5, 0.6) is 0 Å². The molecule has 0 aromatic rings. The second kappa shape index (κ2) is 6.70. The second-order valence-corrected chi connectivity index (χ2v) is 6.29. The molecule has 100 valence electrons. The Morgan fingerprint density at radius 1 is 1.29 bits per heavy atom. The Bertz CT molecular complexity index is 374. The number of hydrogen-bond acceptors (Lipinski definition) is 4. The Morgan fingerprint density at radius 3 is 2.18 bits per heavy atom. The molecule has 1 atom stereocenters. The number of carboxylic acid groups (broad SMARTS) is 1. The molecule has 0 amide bonds. The minimum atomic E-state index is -3.65. The molecule has 0 saturated heterocycles. The average molecular weight is 265 g/mol. The summed E-state index contributed by atoms with van der Waals surface area (Å²) in [5, 5.41) is 8.78. The molecule has 17 heavy (non-hydrogen) atoms. The molecule has 0 aromatic carbocycles. The van der Waals surface area contributed by atoms with E-state index in [1.165, 1.54) is 6.92 Å². The molecule has 0 spiro atoms. The fourth-order valence-corrected chi connectivity index (χ4v) is 2.65. The lowest BCUT2D eigenvalue weighted by Gasteiger charge is -2.14. The smallest absolute Gasteiger partial charge is 0.322 e. The van der Waals surface area contributed by atoms with Gasteiger partial charge in [-0.3, -0.25) is 9.59 Å². The zero-order chi connectivity index (χ0) is 13.6. The van der Waals surface area contributed by atoms with Gasteiger partial charge in [0.1, 0.15) is 11.8 Å². The van der Waals surface area contributed by atoms with Crippen LogP contribution in [0.1, 0.15) is 33.6 Å². The topological polar surface area (TPSA) is 101 Å². The molecule has 0 aliphatic heterocycles. The molecule has 0 aliphatic rings. The summed E-state index contributed by atoms with van der Waals surface area (Å²) in [6.07, 6.45) is 0.109. The van der Waals surface area contributed by atoms with Crippen LogP contribution in [0.2, 0.25) is 0 Å². The maximum atomic E-state index is 11.5. The van der Waals surface area contributed by atoms with Crippen LogP contribution in [0, 0.1) is 5.92 Å². The third kappa shape index (κ3) is 7.87. The number of nitrogens with one attached hydrogen (secondary N) is 1. The quantitative estimate of drug-likeness (QED) is 0.661. The van der Waals surface area contributed by atoms with E-state index in [1.54, 1.807) is 0 Å². The number of sulfonamides is 1. The van der Waals surface area contributed by atoms with Gasteiger partial charge in [-0.1, -0.05) is 13.8 Å². The lowest BCUT2D eigenvalue weighted by atomic mass is 10.2. The first-order valence-corrected chi connectivity index (χ1v) is 7.01. The van der Waals surface area contributed by atoms with Crippen LogP contribution in [0.3, 0.4) is 0 Å². The molecule has 0 heterocycles. The van der Waals surface area contributed by atoms with Gasteiger partial charge >= 0.3 is 5.97 Å². The lowest BCUT2D eigenvalue weighted by Crippen LogP contribution is -2.43. The minimum absolute atomic E-state index is 0.133. The van der Waals surface area contributed by atoms with Crippen LogP contribution in [0.4, 0.5) is 0 Å². The number of rotatable bonds is 8. The molecule has 0 saturated carbocycles. The number of carbonyl (C=O) groups excluding carboxylic acids is 1. The van der Waals surface area contributed by atoms with E-state index >= 15 is 0 Å². The van der Waals surface area contributed by atoms with Crippen molar-refractivity contribution in [2.75, 3.05) is 5.75 Å². The van der Waals surface area contributed by atoms with E-state index in [9.17, 15) is 18.0 Å². The highest BCUT2D eigenvalue weighted by atomic mass is 32.2. The first-order valence-electron chi connectivity index (χ1n) is 5.36. The van der Waals surface area contributed by atoms with Crippen LogP contribution in [-0.4, -0.2) is 37.1 Å². The van der Waals surface area contributed by atoms with Crippen LogP contribution in [0.25, 0.3) is 0 Å². The van der Waals surface area contributed by atoms with Crippen molar-refractivity contribution in [2.45, 2.75) is 39.7 Å². The zero-order valence-electron chi connectivity index (χ0n) is 10.3. The van der Waals surface area contributed by atoms with Gasteiger partial charge in [-0.25, -0.2) is 13.1 Å². The SMILES string of the molecule is CC(=O)C[C@@H](NS(=O)(=O)CCC(C)C)C(=O)O. The van der Waals surface area contributed by atoms with Crippen molar-refractivity contribution in [3.8, 4) is 0 Å². The minimum Gasteiger partial charge on any atom is -0.480 e. The molecule has 0 radical (unpaired) electrons. The van der Waals surface area contributed by atoms with Gasteiger partial charge in [0.2, 0.25) is 10.0 Å². The van der Waals surface area contributed by atoms with E-state index in [0.717, 1.165) is 0 Å². The third-order valence-electron chi connectivity index (χ3n) is 2.08. The van der Waals surface area contributed by atoms with E-state index in [1.807, 2.05) is 18.6 Å². The Kier molecular flexibility index (Phi) is 6.33. The van der Waals surface area contributed by atoms with Crippen molar-refractivity contribution >= 4 is 21.8 Å². The summed E-state index contributed by atoms with van der Waals surface area (Å²) < 4.78 is 25.1. The van der Waals surface area contributed by atoms with Crippen molar-refractivity contribution in [1.29, 1.82) is 0 Å². The van der Waals surface area contributed by atoms with Crippen molar-refractivity contribution in [3.05, 3.63) is 0 Å². The van der Waals surface area contributed by atoms with E-state index < -0.39 is 22.0 Å². The monoisotopic (exact) mass is 265 g/mol. The predicted octanol–water partition coefficient (Wildman–Crippen LogP) is 0.384. The normalized spacial score (nSPS) is 13.6. The fraction of sp³-hybridized carbons (Fsp3) is 0.800. The summed E-state index contributed by atoms with van der Waals surface area (Å²) in [6.45, 7) is 4.97. The molecule has 0 rings (SSSR count). The summed E-state index contributed by atoms with van der Waals surface area (Å²) in [5.41, 5.74) is 0. The van der Waals surface area contributed by atoms with Gasteiger partial charge in [0.15, 0.2) is 0 Å². The predicted molar refractivity (Wildman–Crippen MR) is 63.1 cm³/mol. The van der Waals surface area contributed by atoms with Crippen molar-refractivity contribution in [3.63, 3.8) is 0 Å². The highest BCUT2D eigenvalue weighted by molar-refractivity contribution is 7.89. The zero-order valence-corrected chi connectivity index (χ0v) is 11.1. The molecule has 0 aromatic heterocycles. The number of Topliss-reactive ketones (excluding diaryl/α,β-unsaturated/α-hetero) is 1. The molecule has 0 fully saturated rings. The first kappa shape index (κ1) is 16.1. The molecule has 0 bridgehead atoms. The fourth-order valence-electron chi connectivity index (χ4n) is 1.13. The molecule has 0 aliphatic carbocycles. The Hall–Kier alpha value is -0.950. The van der Waals surface area contributed by atoms with Crippen molar-refractivity contribution in [1.82, 2.24) is 4.72 Å². The van der Waals surface area contributed by atoms with Crippen molar-refractivity contribution < 1.29 is 23.1 Å². The Morgan fingerprint density at radius 2 is 1.82 bits per heavy atom. The number of hydrogen-bond donors (Lipinski definition) is 2. The summed E-state index contributed by atoms with van der Waals surface area (Å²) in [5.74, 6) is -1.63. The third-order valence-corrected chi connectivity index (χ3v) is 3.49. The number of carboxylic acids is 1. The highest BCUT2D eigenvalue weighted by Gasteiger charge is 2.25. The van der Waals surface area contributed by atoms with Gasteiger partial charge in [-0.15, -0.1) is 0 Å². The van der Waals surface area contributed by atoms with Crippen molar-refractivity contribution in [2.24, 2.45) is 5.92 Å². The maximum absolute atomic E-state index is 11.5. The molecule has 6 nitrogen and oxygen atoms in total. The van der Waals surface area contributed by atoms with Gasteiger partial charge in [0.05, 0.1) is 5.75 Å². The van der Waals surface area contributed by atoms with Crippen LogP contribution >= 0.6 is 0 Å². The largest absolute Gasteiger partial charge is 0.480 e. The van der Waals surface area contributed by atoms with E-state index in [2.05, 4.69) is 0 Å². The summed E-state index contributed by atoms with van der Waals surface area (Å²) in [6, 6.07) is -1.37. The van der Waals surface area contributed by atoms with E-state index in [-0.39, 0.29) is 23.9 Å². The molecular weight excluding hydrogens is 246 g/mol. The number of aliphatic carboxylic acids is 1. The number of ketones is 1. The van der Waals surface area contributed by atoms with E-state index in [4.69, 9.17) is 5.11 Å². The van der Waals surface area contributed by atoms with Crippen LogP contribution in [0.15, 0.2) is 0 Å². The van der Waals surface area contributed by atoms with Crippen LogP contribution < -0.4 is 4.72 Å². The van der Waals surface area contributed by atoms with E-state index in [0.29, 0.717) is 6.42 Å². The highest BCUT2D eigenvalue weighted by Crippen LogP contribution is 2.04. The average Bonchev–Trinajstić information content (AvgIpc) is 2.12. The summed E-state index contributed by atoms with van der Waals surface area (Å²) >= 11 is 0. The standard InChI is InChI=1S/C10H19NO5S/c1-7(2)4-5-17(15,16)11-9(10(13)14)6-8(3)12/h7,9,11H,4-6H2,1-3H3,(H,13,14)/t9-/m1/s1. The first-order chi connectivity index (χ1) is 7.64. The summed E-state index contributed by atoms with van der Waals surface area (Å²) in [4.78, 5) is 21.6. The van der Waals surface area contributed by atoms with Gasteiger partial charge in [-0.05, 0) is 19.3 Å². The molecular formula is C10H19NO5S.